The molecule has 59 heavy (non-hydrogen) atoms. The van der Waals surface area contributed by atoms with E-state index in [9.17, 15) is 24.0 Å². The lowest BCUT2D eigenvalue weighted by Gasteiger charge is -2.38. The first-order valence-electron chi connectivity index (χ1n) is 19.7. The molecule has 0 saturated carbocycles. The third-order valence-corrected chi connectivity index (χ3v) is 11.6. The largest absolute Gasteiger partial charge is 0.497 e. The molecule has 3 fully saturated rings. The van der Waals surface area contributed by atoms with Crippen LogP contribution < -0.4 is 41.2 Å². The van der Waals surface area contributed by atoms with E-state index in [2.05, 4.69) is 36.1 Å². The van der Waals surface area contributed by atoms with Crippen molar-refractivity contribution in [3.63, 3.8) is 0 Å². The number of fused-ring (bicyclic) bond motifs is 1. The molecule has 4 aromatic rings. The van der Waals surface area contributed by atoms with E-state index < -0.39 is 29.6 Å². The highest BCUT2D eigenvalue weighted by atomic mass is 35.5. The van der Waals surface area contributed by atoms with Gasteiger partial charge in [-0.2, -0.15) is 4.98 Å². The number of ether oxygens (including phenoxy) is 2. The molecule has 16 nitrogen and oxygen atoms in total. The molecule has 0 radical (unpaired) electrons. The summed E-state index contributed by atoms with van der Waals surface area (Å²) in [6.45, 7) is 3.74. The number of methoxy groups -OCH3 is 1. The van der Waals surface area contributed by atoms with Crippen LogP contribution in [0.3, 0.4) is 0 Å². The van der Waals surface area contributed by atoms with Crippen LogP contribution in [0.5, 0.6) is 11.5 Å². The monoisotopic (exact) mass is 831 g/mol. The van der Waals surface area contributed by atoms with Gasteiger partial charge in [-0.15, -0.1) is 0 Å². The summed E-state index contributed by atoms with van der Waals surface area (Å²) in [6, 6.07) is 9.18. The number of carbonyl (C=O) groups is 4. The topological polar surface area (TPSA) is 189 Å². The van der Waals surface area contributed by atoms with E-state index in [1.54, 1.807) is 25.4 Å². The second-order valence-corrected chi connectivity index (χ2v) is 15.6. The Kier molecular flexibility index (Phi) is 12.6. The molecule has 0 spiro atoms. The number of hydrogen-bond donors (Lipinski definition) is 4. The van der Waals surface area contributed by atoms with Gasteiger partial charge >= 0.3 is 0 Å². The van der Waals surface area contributed by atoms with E-state index >= 15 is 4.39 Å². The number of piperidine rings is 3. The third kappa shape index (κ3) is 9.41. The summed E-state index contributed by atoms with van der Waals surface area (Å²) < 4.78 is 28.3. The third-order valence-electron chi connectivity index (χ3n) is 11.4. The van der Waals surface area contributed by atoms with E-state index in [0.29, 0.717) is 58.1 Å². The fourth-order valence-electron chi connectivity index (χ4n) is 7.96. The highest BCUT2D eigenvalue weighted by Crippen LogP contribution is 2.35. The fraction of sp³-hybridized carbons (Fsp3) is 0.439. The van der Waals surface area contributed by atoms with Gasteiger partial charge in [0.1, 0.15) is 22.6 Å². The number of rotatable bonds is 12. The summed E-state index contributed by atoms with van der Waals surface area (Å²) in [5.74, 6) is -0.905. The molecule has 18 heteroatoms. The van der Waals surface area contributed by atoms with Crippen molar-refractivity contribution in [2.75, 3.05) is 63.7 Å². The number of pyridine rings is 1. The molecule has 7 rings (SSSR count). The Hall–Kier alpha value is -5.81. The lowest BCUT2D eigenvalue weighted by Crippen LogP contribution is -2.52. The van der Waals surface area contributed by atoms with E-state index in [1.165, 1.54) is 24.8 Å². The van der Waals surface area contributed by atoms with Gasteiger partial charge in [-0.25, -0.2) is 9.37 Å². The van der Waals surface area contributed by atoms with Crippen molar-refractivity contribution in [3.8, 4) is 11.5 Å². The van der Waals surface area contributed by atoms with Crippen molar-refractivity contribution in [2.24, 2.45) is 13.0 Å². The molecule has 3 aliphatic heterocycles. The van der Waals surface area contributed by atoms with Crippen molar-refractivity contribution in [1.82, 2.24) is 35.4 Å². The van der Waals surface area contributed by atoms with E-state index in [4.69, 9.17) is 26.1 Å². The second-order valence-electron chi connectivity index (χ2n) is 15.2. The van der Waals surface area contributed by atoms with Crippen molar-refractivity contribution in [1.29, 1.82) is 0 Å². The van der Waals surface area contributed by atoms with Crippen molar-refractivity contribution in [2.45, 2.75) is 50.5 Å². The summed E-state index contributed by atoms with van der Waals surface area (Å²) in [5.41, 5.74) is 1.26. The van der Waals surface area contributed by atoms with Gasteiger partial charge in [0.2, 0.25) is 17.8 Å². The minimum Gasteiger partial charge on any atom is -0.497 e. The van der Waals surface area contributed by atoms with E-state index in [-0.39, 0.29) is 48.1 Å². The number of aryl methyl sites for hydroxylation is 1. The zero-order valence-corrected chi connectivity index (χ0v) is 33.9. The van der Waals surface area contributed by atoms with Crippen LogP contribution in [0, 0.1) is 11.7 Å². The molecule has 4 N–H and O–H groups in total. The van der Waals surface area contributed by atoms with Crippen LogP contribution in [0.15, 0.2) is 47.4 Å². The van der Waals surface area contributed by atoms with Crippen LogP contribution in [-0.4, -0.2) is 103 Å². The van der Waals surface area contributed by atoms with Gasteiger partial charge in [0.05, 0.1) is 24.4 Å². The maximum atomic E-state index is 16.0. The van der Waals surface area contributed by atoms with E-state index in [1.807, 2.05) is 18.2 Å². The Balaban J connectivity index is 0.931. The van der Waals surface area contributed by atoms with Crippen molar-refractivity contribution < 1.29 is 33.0 Å². The summed E-state index contributed by atoms with van der Waals surface area (Å²) in [5, 5.41) is 11.6. The van der Waals surface area contributed by atoms with Gasteiger partial charge in [0, 0.05) is 51.2 Å². The fourth-order valence-corrected chi connectivity index (χ4v) is 8.10. The standard InChI is InChI=1S/C41H47ClFN9O7/c1-44-35(54)22-59-33-17-25-16-26(4-6-32(25)50(2)40(33)57)46-37-30(42)20-45-41(49-37)52-14-8-23(9-15-52)21-51-12-10-24(11-13-51)28-18-27(58-3)19-29(36(28)43)38(55)47-31-5-7-34(53)48-39(31)56/h4,6,16-20,23-24,31H,5,7-15,21-22H2,1-3H3,(H,44,54)(H,47,55)(H,45,46,49)(H,48,53,56). The summed E-state index contributed by atoms with van der Waals surface area (Å²) in [6.07, 6.45) is 5.15. The van der Waals surface area contributed by atoms with Crippen LogP contribution in [0.4, 0.5) is 21.8 Å². The lowest BCUT2D eigenvalue weighted by atomic mass is 9.86. The number of imide groups is 1. The Morgan fingerprint density at radius 3 is 2.49 bits per heavy atom. The molecule has 2 aromatic carbocycles. The number of carbonyl (C=O) groups excluding carboxylic acids is 4. The highest BCUT2D eigenvalue weighted by Gasteiger charge is 2.32. The van der Waals surface area contributed by atoms with Crippen LogP contribution in [0.25, 0.3) is 10.9 Å². The smallest absolute Gasteiger partial charge is 0.293 e. The zero-order valence-electron chi connectivity index (χ0n) is 33.1. The molecular weight excluding hydrogens is 785 g/mol. The summed E-state index contributed by atoms with van der Waals surface area (Å²) in [7, 11) is 4.60. The van der Waals surface area contributed by atoms with Gasteiger partial charge < -0.3 is 39.8 Å². The predicted octanol–water partition coefficient (Wildman–Crippen LogP) is 3.63. The quantitative estimate of drug-likeness (QED) is 0.152. The van der Waals surface area contributed by atoms with Crippen molar-refractivity contribution >= 4 is 63.6 Å². The number of nitrogens with zero attached hydrogens (tertiary/aromatic N) is 5. The minimum atomic E-state index is -0.917. The molecule has 2 aromatic heterocycles. The number of anilines is 3. The maximum absolute atomic E-state index is 16.0. The number of likely N-dealkylation sites (tertiary alicyclic amines) is 1. The molecule has 1 atom stereocenters. The van der Waals surface area contributed by atoms with Crippen LogP contribution >= 0.6 is 11.6 Å². The van der Waals surface area contributed by atoms with Gasteiger partial charge in [0.15, 0.2) is 18.2 Å². The Labute approximate surface area is 344 Å². The van der Waals surface area contributed by atoms with Crippen molar-refractivity contribution in [3.05, 3.63) is 74.9 Å². The average Bonchev–Trinajstić information content (AvgIpc) is 3.24. The number of amides is 4. The molecular formula is C41H47ClFN9O7. The Morgan fingerprint density at radius 2 is 1.78 bits per heavy atom. The van der Waals surface area contributed by atoms with Crippen LogP contribution in [0.2, 0.25) is 5.02 Å². The molecule has 3 aliphatic rings. The molecule has 0 bridgehead atoms. The van der Waals surface area contributed by atoms with Gasteiger partial charge in [-0.05, 0) is 99.0 Å². The highest BCUT2D eigenvalue weighted by molar-refractivity contribution is 6.33. The second kappa shape index (κ2) is 18.0. The first kappa shape index (κ1) is 41.4. The van der Waals surface area contributed by atoms with Gasteiger partial charge in [-0.3, -0.25) is 29.3 Å². The lowest BCUT2D eigenvalue weighted by molar-refractivity contribution is -0.134. The number of aromatic nitrogens is 3. The summed E-state index contributed by atoms with van der Waals surface area (Å²) in [4.78, 5) is 75.2. The molecule has 5 heterocycles. The first-order valence-corrected chi connectivity index (χ1v) is 20.0. The molecule has 4 amide bonds. The predicted molar refractivity (Wildman–Crippen MR) is 219 cm³/mol. The minimum absolute atomic E-state index is 0.0619. The average molecular weight is 832 g/mol. The van der Waals surface area contributed by atoms with Gasteiger partial charge in [0.25, 0.3) is 17.4 Å². The normalized spacial score (nSPS) is 18.1. The molecule has 3 saturated heterocycles. The Bertz CT molecular complexity index is 2330. The zero-order chi connectivity index (χ0) is 41.8. The van der Waals surface area contributed by atoms with E-state index in [0.717, 1.165) is 51.0 Å². The van der Waals surface area contributed by atoms with Crippen LogP contribution in [0.1, 0.15) is 60.4 Å². The maximum Gasteiger partial charge on any atom is 0.293 e. The SMILES string of the molecule is CNC(=O)COc1cc2cc(Nc3nc(N4CCC(CN5CCC(c6cc(OC)cc(C(=O)NC7CCC(=O)NC7=O)c6F)CC5)CC4)ncc3Cl)ccc2n(C)c1=O. The number of nitrogens with one attached hydrogen (secondary N) is 4. The number of halogens is 2. The Morgan fingerprint density at radius 1 is 1.02 bits per heavy atom. The first-order chi connectivity index (χ1) is 28.4. The number of likely N-dealkylation sites (N-methyl/N-ethyl adjacent to an activating group) is 1. The molecule has 1 unspecified atom stereocenters. The molecule has 0 aliphatic carbocycles. The molecule has 312 valence electrons. The number of benzene rings is 2. The summed E-state index contributed by atoms with van der Waals surface area (Å²) >= 11 is 6.55. The van der Waals surface area contributed by atoms with Gasteiger partial charge in [-0.1, -0.05) is 11.6 Å². The van der Waals surface area contributed by atoms with Crippen LogP contribution in [-0.2, 0) is 21.4 Å². The number of hydrogen-bond acceptors (Lipinski definition) is 12.